The number of aromatic nitrogens is 1. The third-order valence-corrected chi connectivity index (χ3v) is 6.02. The molecule has 0 amide bonds. The highest BCUT2D eigenvalue weighted by atomic mass is 32.2. The number of hydrogen-bond acceptors (Lipinski definition) is 6. The Balaban J connectivity index is 1.67. The van der Waals surface area contributed by atoms with Crippen molar-refractivity contribution in [3.05, 3.63) is 46.8 Å². The van der Waals surface area contributed by atoms with E-state index in [-0.39, 0.29) is 23.7 Å². The highest BCUT2D eigenvalue weighted by Crippen LogP contribution is 2.50. The number of benzene rings is 1. The molecule has 2 aliphatic rings. The smallest absolute Gasteiger partial charge is 0.253 e. The number of pyridine rings is 1. The van der Waals surface area contributed by atoms with Crippen LogP contribution in [0.5, 0.6) is 17.2 Å². The Morgan fingerprint density at radius 2 is 1.81 bits per heavy atom. The predicted molar refractivity (Wildman–Crippen MR) is 98.2 cm³/mol. The highest BCUT2D eigenvalue weighted by Gasteiger charge is 2.44. The molecule has 4 rings (SSSR count). The lowest BCUT2D eigenvalue weighted by Gasteiger charge is -2.31. The second kappa shape index (κ2) is 6.50. The van der Waals surface area contributed by atoms with Crippen molar-refractivity contribution in [3.63, 3.8) is 0 Å². The molecule has 3 heterocycles. The van der Waals surface area contributed by atoms with Gasteiger partial charge in [0.15, 0.2) is 17.3 Å². The van der Waals surface area contributed by atoms with Crippen LogP contribution in [-0.2, 0) is 6.42 Å². The van der Waals surface area contributed by atoms with Gasteiger partial charge in [0.2, 0.25) is 0 Å². The second-order valence-electron chi connectivity index (χ2n) is 6.85. The molecule has 136 valence electrons. The summed E-state index contributed by atoms with van der Waals surface area (Å²) in [5.74, 6) is 1.24. The summed E-state index contributed by atoms with van der Waals surface area (Å²) in [7, 11) is 0. The molecule has 0 bridgehead atoms. The minimum absolute atomic E-state index is 0.0792. The van der Waals surface area contributed by atoms with Crippen LogP contribution in [0.2, 0.25) is 0 Å². The Bertz CT molecular complexity index is 854. The molecule has 0 saturated carbocycles. The molecule has 26 heavy (non-hydrogen) atoms. The Morgan fingerprint density at radius 3 is 2.50 bits per heavy atom. The van der Waals surface area contributed by atoms with Crippen LogP contribution in [-0.4, -0.2) is 28.1 Å². The Morgan fingerprint density at radius 1 is 1.15 bits per heavy atom. The van der Waals surface area contributed by atoms with Gasteiger partial charge in [-0.1, -0.05) is 11.8 Å². The molecule has 1 fully saturated rings. The Kier molecular flexibility index (Phi) is 4.31. The van der Waals surface area contributed by atoms with E-state index in [2.05, 4.69) is 4.98 Å². The predicted octanol–water partition coefficient (Wildman–Crippen LogP) is 3.19. The quantitative estimate of drug-likeness (QED) is 0.773. The van der Waals surface area contributed by atoms with Crippen molar-refractivity contribution < 1.29 is 19.4 Å². The minimum atomic E-state index is -0.786. The zero-order valence-corrected chi connectivity index (χ0v) is 15.6. The molecule has 0 radical (unpaired) electrons. The van der Waals surface area contributed by atoms with Gasteiger partial charge in [-0.15, -0.1) is 0 Å². The Labute approximate surface area is 156 Å². The summed E-state index contributed by atoms with van der Waals surface area (Å²) in [5, 5.41) is 12.2. The number of hydrogen-bond donors (Lipinski definition) is 0. The number of carbonyl (C=O) groups excluding carboxylic acids is 1. The Hall–Kier alpha value is -2.21. The van der Waals surface area contributed by atoms with Gasteiger partial charge < -0.3 is 14.6 Å². The zero-order valence-electron chi connectivity index (χ0n) is 14.8. The summed E-state index contributed by atoms with van der Waals surface area (Å²) in [5.41, 5.74) is 3.35. The third kappa shape index (κ3) is 2.92. The van der Waals surface area contributed by atoms with E-state index in [4.69, 9.17) is 9.47 Å². The van der Waals surface area contributed by atoms with Crippen molar-refractivity contribution in [2.75, 3.05) is 11.5 Å². The monoisotopic (exact) mass is 370 g/mol. The summed E-state index contributed by atoms with van der Waals surface area (Å²) >= 11 is 1.84. The van der Waals surface area contributed by atoms with Crippen molar-refractivity contribution in [2.24, 2.45) is 0 Å². The highest BCUT2D eigenvalue weighted by molar-refractivity contribution is 7.99. The molecule has 0 N–H and O–H groups in total. The second-order valence-corrected chi connectivity index (χ2v) is 8.07. The standard InChI is InChI=1S/C20H21NO4S/c1-12-10-21-11-13(2)15(12)9-17(23)14-3-4-16(22)19-18(14)24-20(25-19)5-7-26-8-6-20/h3-4,10-11,22H,5-9H2,1-2H3/p-1. The van der Waals surface area contributed by atoms with E-state index in [1.807, 2.05) is 25.6 Å². The van der Waals surface area contributed by atoms with E-state index in [1.165, 1.54) is 6.07 Å². The van der Waals surface area contributed by atoms with E-state index >= 15 is 0 Å². The van der Waals surface area contributed by atoms with Crippen LogP contribution in [0, 0.1) is 13.8 Å². The topological polar surface area (TPSA) is 71.5 Å². The molecule has 0 aliphatic carbocycles. The normalized spacial score (nSPS) is 17.5. The van der Waals surface area contributed by atoms with Crippen LogP contribution >= 0.6 is 11.8 Å². The van der Waals surface area contributed by atoms with Crippen LogP contribution < -0.4 is 14.6 Å². The van der Waals surface area contributed by atoms with Crippen LogP contribution in [0.4, 0.5) is 0 Å². The van der Waals surface area contributed by atoms with Gasteiger partial charge >= 0.3 is 0 Å². The van der Waals surface area contributed by atoms with Gasteiger partial charge in [0.1, 0.15) is 0 Å². The molecule has 5 nitrogen and oxygen atoms in total. The fraction of sp³-hybridized carbons (Fsp3) is 0.400. The first kappa shape index (κ1) is 17.2. The molecule has 6 heteroatoms. The molecule has 2 aromatic rings. The largest absolute Gasteiger partial charge is 0.870 e. The number of ketones is 1. The average molecular weight is 370 g/mol. The first-order valence-electron chi connectivity index (χ1n) is 8.72. The van der Waals surface area contributed by atoms with Gasteiger partial charge in [0.05, 0.1) is 5.56 Å². The number of aryl methyl sites for hydroxylation is 2. The number of Topliss-reactive ketones (excluding diaryl/α,β-unsaturated/α-hetero) is 1. The molecule has 0 atom stereocenters. The lowest BCUT2D eigenvalue weighted by atomic mass is 9.97. The number of fused-ring (bicyclic) bond motifs is 1. The summed E-state index contributed by atoms with van der Waals surface area (Å²) in [6, 6.07) is 2.97. The fourth-order valence-electron chi connectivity index (χ4n) is 3.50. The number of carbonyl (C=O) groups is 1. The van der Waals surface area contributed by atoms with Gasteiger partial charge in [-0.2, -0.15) is 11.8 Å². The molecular weight excluding hydrogens is 350 g/mol. The SMILES string of the molecule is Cc1cncc(C)c1CC(=O)c1ccc([O-])c2c1OC1(CCSCC1)O2. The summed E-state index contributed by atoms with van der Waals surface area (Å²) in [6.07, 6.45) is 5.19. The van der Waals surface area contributed by atoms with Crippen molar-refractivity contribution >= 4 is 17.5 Å². The molecule has 1 spiro atoms. The number of ether oxygens (including phenoxy) is 2. The van der Waals surface area contributed by atoms with E-state index in [0.717, 1.165) is 28.2 Å². The van der Waals surface area contributed by atoms with Crippen molar-refractivity contribution in [3.8, 4) is 17.2 Å². The first-order valence-corrected chi connectivity index (χ1v) is 9.88. The van der Waals surface area contributed by atoms with Crippen LogP contribution in [0.1, 0.15) is 39.9 Å². The van der Waals surface area contributed by atoms with Crippen molar-refractivity contribution in [1.29, 1.82) is 0 Å². The van der Waals surface area contributed by atoms with E-state index in [9.17, 15) is 9.90 Å². The molecule has 1 aromatic heterocycles. The van der Waals surface area contributed by atoms with Gasteiger partial charge in [-0.05, 0) is 36.6 Å². The zero-order chi connectivity index (χ0) is 18.3. The number of rotatable bonds is 3. The molecule has 2 aliphatic heterocycles. The van der Waals surface area contributed by atoms with E-state index in [0.29, 0.717) is 24.2 Å². The van der Waals surface area contributed by atoms with Gasteiger partial charge in [0, 0.05) is 43.2 Å². The van der Waals surface area contributed by atoms with Crippen LogP contribution in [0.25, 0.3) is 0 Å². The van der Waals surface area contributed by atoms with E-state index < -0.39 is 5.79 Å². The van der Waals surface area contributed by atoms with E-state index in [1.54, 1.807) is 18.5 Å². The molecule has 0 unspecified atom stereocenters. The lowest BCUT2D eigenvalue weighted by molar-refractivity contribution is -0.271. The number of nitrogens with zero attached hydrogens (tertiary/aromatic N) is 1. The van der Waals surface area contributed by atoms with Crippen molar-refractivity contribution in [2.45, 2.75) is 38.9 Å². The fourth-order valence-corrected chi connectivity index (χ4v) is 4.62. The molecule has 1 aromatic carbocycles. The van der Waals surface area contributed by atoms with Gasteiger partial charge in [-0.25, -0.2) is 0 Å². The summed E-state index contributed by atoms with van der Waals surface area (Å²) in [6.45, 7) is 3.89. The maximum absolute atomic E-state index is 13.0. The van der Waals surface area contributed by atoms with Crippen LogP contribution in [0.15, 0.2) is 24.5 Å². The number of thioether (sulfide) groups is 1. The molecular formula is C20H20NO4S-. The minimum Gasteiger partial charge on any atom is -0.870 e. The summed E-state index contributed by atoms with van der Waals surface area (Å²) < 4.78 is 12.0. The molecule has 1 saturated heterocycles. The van der Waals surface area contributed by atoms with Gasteiger partial charge in [0.25, 0.3) is 5.79 Å². The van der Waals surface area contributed by atoms with Crippen molar-refractivity contribution in [1.82, 2.24) is 4.98 Å². The first-order chi connectivity index (χ1) is 12.5. The van der Waals surface area contributed by atoms with Crippen LogP contribution in [0.3, 0.4) is 0 Å². The third-order valence-electron chi connectivity index (χ3n) is 5.03. The lowest BCUT2D eigenvalue weighted by Crippen LogP contribution is -2.42. The maximum Gasteiger partial charge on any atom is 0.253 e. The summed E-state index contributed by atoms with van der Waals surface area (Å²) in [4.78, 5) is 17.2. The average Bonchev–Trinajstić information content (AvgIpc) is 2.98. The maximum atomic E-state index is 13.0. The van der Waals surface area contributed by atoms with Gasteiger partial charge in [-0.3, -0.25) is 9.78 Å².